The molecule has 0 amide bonds. The molecule has 2 aromatic carbocycles. The highest BCUT2D eigenvalue weighted by Gasteiger charge is 2.30. The van der Waals surface area contributed by atoms with Crippen LogP contribution in [0.1, 0.15) is 11.1 Å². The van der Waals surface area contributed by atoms with Crippen molar-refractivity contribution in [2.45, 2.75) is 11.4 Å². The highest BCUT2D eigenvalue weighted by molar-refractivity contribution is 7.90. The van der Waals surface area contributed by atoms with Crippen LogP contribution in [0.25, 0.3) is 10.3 Å². The number of aromatic hydroxyl groups is 1. The lowest BCUT2D eigenvalue weighted by Gasteiger charge is -2.19. The largest absolute Gasteiger partial charge is 0.505 e. The number of fused-ring (bicyclic) bond motifs is 2. The van der Waals surface area contributed by atoms with Crippen molar-refractivity contribution in [2.24, 2.45) is 4.40 Å². The van der Waals surface area contributed by atoms with Crippen LogP contribution in [0, 0.1) is 0 Å². The van der Waals surface area contributed by atoms with Gasteiger partial charge in [0.15, 0.2) is 22.4 Å². The highest BCUT2D eigenvalue weighted by atomic mass is 32.2. The maximum Gasteiger partial charge on any atom is 0.286 e. The lowest BCUT2D eigenvalue weighted by atomic mass is 10.1. The molecular formula is C20H15N5O4S2. The van der Waals surface area contributed by atoms with E-state index in [4.69, 9.17) is 5.73 Å². The summed E-state index contributed by atoms with van der Waals surface area (Å²) in [7, 11) is -4.06. The van der Waals surface area contributed by atoms with Crippen LogP contribution in [0.15, 0.2) is 68.7 Å². The predicted molar refractivity (Wildman–Crippen MR) is 119 cm³/mol. The monoisotopic (exact) mass is 453 g/mol. The second kappa shape index (κ2) is 6.93. The Hall–Kier alpha value is -3.70. The number of hydrogen-bond donors (Lipinski definition) is 3. The van der Waals surface area contributed by atoms with Gasteiger partial charge in [0.05, 0.1) is 12.2 Å². The van der Waals surface area contributed by atoms with Crippen molar-refractivity contribution < 1.29 is 13.5 Å². The summed E-state index contributed by atoms with van der Waals surface area (Å²) < 4.78 is 30.7. The Morgan fingerprint density at radius 1 is 1.10 bits per heavy atom. The number of nitrogens with one attached hydrogen (secondary N) is 1. The zero-order chi connectivity index (χ0) is 21.8. The van der Waals surface area contributed by atoms with Gasteiger partial charge in [0.2, 0.25) is 0 Å². The fraction of sp³-hybridized carbons (Fsp3) is 0.0500. The number of nitrogen functional groups attached to an aromatic ring is 1. The van der Waals surface area contributed by atoms with E-state index in [-0.39, 0.29) is 44.0 Å². The summed E-state index contributed by atoms with van der Waals surface area (Å²) in [5.74, 6) is -0.670. The van der Waals surface area contributed by atoms with Crippen molar-refractivity contribution >= 4 is 48.4 Å². The fourth-order valence-electron chi connectivity index (χ4n) is 3.46. The van der Waals surface area contributed by atoms with Crippen molar-refractivity contribution in [1.82, 2.24) is 9.55 Å². The average Bonchev–Trinajstić information content (AvgIpc) is 3.13. The van der Waals surface area contributed by atoms with Crippen LogP contribution in [0.5, 0.6) is 5.75 Å². The number of aromatic nitrogens is 2. The summed E-state index contributed by atoms with van der Waals surface area (Å²) in [4.78, 5) is 17.6. The molecule has 4 aromatic rings. The minimum Gasteiger partial charge on any atom is -0.505 e. The lowest BCUT2D eigenvalue weighted by Crippen LogP contribution is -2.32. The Bertz CT molecular complexity index is 1540. The number of para-hydroxylation sites is 1. The Morgan fingerprint density at radius 3 is 2.58 bits per heavy atom. The van der Waals surface area contributed by atoms with Gasteiger partial charge in [0, 0.05) is 0 Å². The fourth-order valence-corrected chi connectivity index (χ4v) is 5.37. The first-order valence-corrected chi connectivity index (χ1v) is 11.4. The van der Waals surface area contributed by atoms with Crippen LogP contribution in [-0.4, -0.2) is 28.9 Å². The van der Waals surface area contributed by atoms with Crippen LogP contribution >= 0.6 is 11.3 Å². The molecular weight excluding hydrogens is 438 g/mol. The summed E-state index contributed by atoms with van der Waals surface area (Å²) in [6.07, 6.45) is 0. The average molecular weight is 454 g/mol. The molecule has 0 spiro atoms. The summed E-state index contributed by atoms with van der Waals surface area (Å²) in [5, 5.41) is 13.9. The number of rotatable bonds is 3. The van der Waals surface area contributed by atoms with E-state index in [2.05, 4.69) is 14.7 Å². The topological polar surface area (TPSA) is 140 Å². The van der Waals surface area contributed by atoms with Gasteiger partial charge in [0.1, 0.15) is 15.2 Å². The third kappa shape index (κ3) is 3.14. The molecule has 2 aromatic heterocycles. The first-order valence-electron chi connectivity index (χ1n) is 9.12. The van der Waals surface area contributed by atoms with E-state index in [1.165, 1.54) is 10.6 Å². The summed E-state index contributed by atoms with van der Waals surface area (Å²) >= 11 is 1.00. The number of sulfonamides is 1. The van der Waals surface area contributed by atoms with Gasteiger partial charge in [-0.15, -0.1) is 4.40 Å². The van der Waals surface area contributed by atoms with Crippen molar-refractivity contribution in [3.8, 4) is 5.75 Å². The normalized spacial score (nSPS) is 14.6. The van der Waals surface area contributed by atoms with Gasteiger partial charge in [-0.2, -0.15) is 8.42 Å². The Kier molecular flexibility index (Phi) is 4.31. The van der Waals surface area contributed by atoms with E-state index < -0.39 is 21.3 Å². The summed E-state index contributed by atoms with van der Waals surface area (Å²) in [5.41, 5.74) is 6.26. The molecule has 0 aliphatic carbocycles. The number of anilines is 2. The molecule has 0 unspecified atom stereocenters. The van der Waals surface area contributed by atoms with Crippen molar-refractivity contribution in [2.75, 3.05) is 11.1 Å². The Morgan fingerprint density at radius 2 is 1.81 bits per heavy atom. The van der Waals surface area contributed by atoms with E-state index in [0.717, 1.165) is 16.9 Å². The molecule has 4 N–H and O–H groups in total. The molecule has 9 nitrogen and oxygen atoms in total. The first kappa shape index (κ1) is 19.3. The highest BCUT2D eigenvalue weighted by Crippen LogP contribution is 2.35. The molecule has 0 saturated heterocycles. The third-order valence-electron chi connectivity index (χ3n) is 4.84. The molecule has 156 valence electrons. The minimum atomic E-state index is -4.06. The number of hydrogen-bond acceptors (Lipinski definition) is 8. The molecule has 31 heavy (non-hydrogen) atoms. The van der Waals surface area contributed by atoms with Crippen LogP contribution in [-0.2, 0) is 16.6 Å². The second-order valence-corrected chi connectivity index (χ2v) is 9.44. The van der Waals surface area contributed by atoms with Crippen LogP contribution in [0.3, 0.4) is 0 Å². The molecule has 0 bridgehead atoms. The zero-order valence-corrected chi connectivity index (χ0v) is 17.4. The number of pyridine rings is 1. The minimum absolute atomic E-state index is 0.00837. The van der Waals surface area contributed by atoms with Crippen LogP contribution in [0.4, 0.5) is 10.8 Å². The molecule has 11 heteroatoms. The molecule has 0 saturated carbocycles. The van der Waals surface area contributed by atoms with Crippen molar-refractivity contribution in [3.05, 3.63) is 76.1 Å². The maximum absolute atomic E-state index is 13.5. The number of benzene rings is 2. The first-order chi connectivity index (χ1) is 14.8. The van der Waals surface area contributed by atoms with E-state index in [0.29, 0.717) is 0 Å². The van der Waals surface area contributed by atoms with E-state index >= 15 is 0 Å². The number of thiazole rings is 1. The second-order valence-electron chi connectivity index (χ2n) is 6.84. The van der Waals surface area contributed by atoms with Crippen molar-refractivity contribution in [3.63, 3.8) is 0 Å². The van der Waals surface area contributed by atoms with E-state index in [9.17, 15) is 18.3 Å². The molecule has 0 fully saturated rings. The molecule has 3 heterocycles. The molecule has 5 rings (SSSR count). The van der Waals surface area contributed by atoms with Gasteiger partial charge in [-0.1, -0.05) is 53.8 Å². The Balaban J connectivity index is 1.77. The standard InChI is InChI=1S/C20H15N5O4S2/c21-20-23-18-16(30-20)15(26)14(19(27)25(18)10-11-6-2-1-3-7-11)17-22-12-8-4-5-9-13(12)31(28,29)24-17/h1-9,26H,10H2,(H2,21,23)(H,22,24). The summed E-state index contributed by atoms with van der Waals surface area (Å²) in [6.45, 7) is 0.156. The number of amidine groups is 1. The van der Waals surface area contributed by atoms with Crippen molar-refractivity contribution in [1.29, 1.82) is 0 Å². The van der Waals surface area contributed by atoms with Crippen LogP contribution < -0.4 is 16.6 Å². The lowest BCUT2D eigenvalue weighted by molar-refractivity contribution is 0.478. The van der Waals surface area contributed by atoms with Gasteiger partial charge in [-0.3, -0.25) is 9.36 Å². The van der Waals surface area contributed by atoms with Crippen LogP contribution in [0.2, 0.25) is 0 Å². The summed E-state index contributed by atoms with van der Waals surface area (Å²) in [6, 6.07) is 15.4. The van der Waals surface area contributed by atoms with Gasteiger partial charge in [0.25, 0.3) is 15.6 Å². The van der Waals surface area contributed by atoms with Gasteiger partial charge in [-0.25, -0.2) is 4.98 Å². The maximum atomic E-state index is 13.5. The molecule has 1 aliphatic heterocycles. The smallest absolute Gasteiger partial charge is 0.286 e. The Labute approximate surface area is 180 Å². The number of nitrogens with two attached hydrogens (primary N) is 1. The van der Waals surface area contributed by atoms with Gasteiger partial charge in [-0.05, 0) is 17.7 Å². The molecule has 1 aliphatic rings. The van der Waals surface area contributed by atoms with E-state index in [1.54, 1.807) is 18.2 Å². The zero-order valence-electron chi connectivity index (χ0n) is 15.8. The quantitative estimate of drug-likeness (QED) is 0.433. The van der Waals surface area contributed by atoms with E-state index in [1.807, 2.05) is 30.3 Å². The third-order valence-corrected chi connectivity index (χ3v) is 7.06. The molecule has 0 atom stereocenters. The number of nitrogens with zero attached hydrogens (tertiary/aromatic N) is 3. The van der Waals surface area contributed by atoms with Gasteiger partial charge < -0.3 is 16.2 Å². The predicted octanol–water partition coefficient (Wildman–Crippen LogP) is 2.36. The van der Waals surface area contributed by atoms with Gasteiger partial charge >= 0.3 is 0 Å². The SMILES string of the molecule is Nc1nc2c(s1)c(O)c(C1=NS(=O)(=O)c3ccccc3N1)c(=O)n2Cc1ccccc1. The molecule has 0 radical (unpaired) electrons.